The maximum atomic E-state index is 3.72. The van der Waals surface area contributed by atoms with Gasteiger partial charge >= 0.3 is 0 Å². The van der Waals surface area contributed by atoms with E-state index in [1.54, 1.807) is 11.3 Å². The second-order valence-electron chi connectivity index (χ2n) is 6.52. The second kappa shape index (κ2) is 6.87. The van der Waals surface area contributed by atoms with Crippen LogP contribution in [0.3, 0.4) is 0 Å². The maximum Gasteiger partial charge on any atom is 0.0239 e. The first-order chi connectivity index (χ1) is 9.11. The van der Waals surface area contributed by atoms with Gasteiger partial charge in [-0.15, -0.1) is 0 Å². The van der Waals surface area contributed by atoms with Crippen LogP contribution >= 0.6 is 11.3 Å². The van der Waals surface area contributed by atoms with Gasteiger partial charge in [0.15, 0.2) is 0 Å². The molecule has 0 aromatic carbocycles. The van der Waals surface area contributed by atoms with E-state index < -0.39 is 0 Å². The van der Waals surface area contributed by atoms with Gasteiger partial charge in [0.1, 0.15) is 0 Å². The molecule has 1 heterocycles. The van der Waals surface area contributed by atoms with Crippen molar-refractivity contribution < 1.29 is 0 Å². The molecule has 0 radical (unpaired) electrons. The van der Waals surface area contributed by atoms with Gasteiger partial charge in [-0.05, 0) is 54.1 Å². The second-order valence-corrected chi connectivity index (χ2v) is 7.30. The van der Waals surface area contributed by atoms with Crippen LogP contribution in [0.15, 0.2) is 16.8 Å². The van der Waals surface area contributed by atoms with Crippen molar-refractivity contribution in [2.24, 2.45) is 5.41 Å². The van der Waals surface area contributed by atoms with Crippen LogP contribution in [0.2, 0.25) is 0 Å². The van der Waals surface area contributed by atoms with Gasteiger partial charge in [0.2, 0.25) is 0 Å². The van der Waals surface area contributed by atoms with Gasteiger partial charge in [-0.3, -0.25) is 0 Å². The van der Waals surface area contributed by atoms with Crippen LogP contribution in [0.5, 0.6) is 0 Å². The predicted octanol–water partition coefficient (Wildman–Crippen LogP) is 3.74. The first-order valence-electron chi connectivity index (χ1n) is 7.54. The molecule has 1 fully saturated rings. The van der Waals surface area contributed by atoms with Crippen LogP contribution in [0, 0.1) is 5.41 Å². The van der Waals surface area contributed by atoms with Gasteiger partial charge in [-0.1, -0.05) is 20.3 Å². The van der Waals surface area contributed by atoms with E-state index in [-0.39, 0.29) is 0 Å². The van der Waals surface area contributed by atoms with E-state index in [0.29, 0.717) is 5.41 Å². The average Bonchev–Trinajstić information content (AvgIpc) is 3.05. The van der Waals surface area contributed by atoms with E-state index in [4.69, 9.17) is 0 Å². The summed E-state index contributed by atoms with van der Waals surface area (Å²) >= 11 is 1.79. The minimum absolute atomic E-state index is 0.405. The highest BCUT2D eigenvalue weighted by molar-refractivity contribution is 7.07. The molecule has 0 bridgehead atoms. The van der Waals surface area contributed by atoms with E-state index in [1.165, 1.54) is 44.3 Å². The fourth-order valence-electron chi connectivity index (χ4n) is 2.91. The van der Waals surface area contributed by atoms with E-state index >= 15 is 0 Å². The van der Waals surface area contributed by atoms with E-state index in [0.717, 1.165) is 12.6 Å². The summed E-state index contributed by atoms with van der Waals surface area (Å²) in [4.78, 5) is 2.48. The van der Waals surface area contributed by atoms with Crippen LogP contribution in [0.25, 0.3) is 0 Å². The highest BCUT2D eigenvalue weighted by Crippen LogP contribution is 2.27. The monoisotopic (exact) mass is 280 g/mol. The molecule has 0 amide bonds. The highest BCUT2D eigenvalue weighted by atomic mass is 32.1. The molecule has 1 aromatic rings. The smallest absolute Gasteiger partial charge is 0.0239 e. The number of nitrogens with zero attached hydrogens (tertiary/aromatic N) is 1. The zero-order valence-electron chi connectivity index (χ0n) is 12.6. The number of hydrogen-bond donors (Lipinski definition) is 1. The van der Waals surface area contributed by atoms with Gasteiger partial charge in [0.05, 0.1) is 0 Å². The number of hydrogen-bond acceptors (Lipinski definition) is 3. The van der Waals surface area contributed by atoms with Crippen molar-refractivity contribution in [3.05, 3.63) is 22.4 Å². The Hall–Kier alpha value is -0.380. The maximum absolute atomic E-state index is 3.72. The van der Waals surface area contributed by atoms with Crippen molar-refractivity contribution >= 4 is 11.3 Å². The minimum Gasteiger partial charge on any atom is -0.313 e. The summed E-state index contributed by atoms with van der Waals surface area (Å²) in [5.74, 6) is 0. The Bertz CT molecular complexity index is 359. The molecule has 1 aliphatic rings. The summed E-state index contributed by atoms with van der Waals surface area (Å²) in [7, 11) is 2.25. The Morgan fingerprint density at radius 2 is 2.26 bits per heavy atom. The van der Waals surface area contributed by atoms with Crippen molar-refractivity contribution in [1.29, 1.82) is 0 Å². The van der Waals surface area contributed by atoms with Crippen LogP contribution in [0.1, 0.15) is 45.1 Å². The van der Waals surface area contributed by atoms with Crippen molar-refractivity contribution in [3.63, 3.8) is 0 Å². The van der Waals surface area contributed by atoms with Gasteiger partial charge in [0.25, 0.3) is 0 Å². The fraction of sp³-hybridized carbons (Fsp3) is 0.750. The third-order valence-electron chi connectivity index (χ3n) is 3.93. The molecule has 1 N–H and O–H groups in total. The van der Waals surface area contributed by atoms with Gasteiger partial charge in [-0.25, -0.2) is 0 Å². The summed E-state index contributed by atoms with van der Waals surface area (Å²) in [6.07, 6.45) is 5.34. The standard InChI is InChI=1S/C16H28N2S/c1-4-8-16(2,12-17-15-5-6-15)13-18(3)10-14-7-9-19-11-14/h7,9,11,15,17H,4-6,8,10,12-13H2,1-3H3. The summed E-state index contributed by atoms with van der Waals surface area (Å²) in [6, 6.07) is 3.05. The lowest BCUT2D eigenvalue weighted by atomic mass is 9.84. The topological polar surface area (TPSA) is 15.3 Å². The van der Waals surface area contributed by atoms with Crippen LogP contribution in [-0.4, -0.2) is 31.1 Å². The molecule has 2 nitrogen and oxygen atoms in total. The van der Waals surface area contributed by atoms with Crippen molar-refractivity contribution in [3.8, 4) is 0 Å². The Morgan fingerprint density at radius 3 is 2.84 bits per heavy atom. The molecule has 1 aromatic heterocycles. The first-order valence-corrected chi connectivity index (χ1v) is 8.48. The lowest BCUT2D eigenvalue weighted by Crippen LogP contribution is -2.41. The van der Waals surface area contributed by atoms with Crippen LogP contribution < -0.4 is 5.32 Å². The predicted molar refractivity (Wildman–Crippen MR) is 84.7 cm³/mol. The number of rotatable bonds is 9. The molecular weight excluding hydrogens is 252 g/mol. The zero-order valence-corrected chi connectivity index (χ0v) is 13.4. The van der Waals surface area contributed by atoms with Crippen LogP contribution in [-0.2, 0) is 6.54 Å². The van der Waals surface area contributed by atoms with Crippen molar-refractivity contribution in [2.75, 3.05) is 20.1 Å². The van der Waals surface area contributed by atoms with E-state index in [2.05, 4.69) is 47.9 Å². The third kappa shape index (κ3) is 5.25. The highest BCUT2D eigenvalue weighted by Gasteiger charge is 2.29. The largest absolute Gasteiger partial charge is 0.313 e. The molecular formula is C16H28N2S. The summed E-state index contributed by atoms with van der Waals surface area (Å²) in [6.45, 7) is 8.16. The van der Waals surface area contributed by atoms with Gasteiger partial charge < -0.3 is 10.2 Å². The van der Waals surface area contributed by atoms with Gasteiger partial charge in [0, 0.05) is 25.7 Å². The van der Waals surface area contributed by atoms with Crippen molar-refractivity contribution in [2.45, 2.75) is 52.1 Å². The third-order valence-corrected chi connectivity index (χ3v) is 4.66. The molecule has 19 heavy (non-hydrogen) atoms. The Kier molecular flexibility index (Phi) is 5.43. The summed E-state index contributed by atoms with van der Waals surface area (Å²) < 4.78 is 0. The number of thiophene rings is 1. The molecule has 1 unspecified atom stereocenters. The molecule has 0 aliphatic heterocycles. The summed E-state index contributed by atoms with van der Waals surface area (Å²) in [5.41, 5.74) is 1.85. The van der Waals surface area contributed by atoms with E-state index in [9.17, 15) is 0 Å². The molecule has 1 saturated carbocycles. The quantitative estimate of drug-likeness (QED) is 0.741. The Balaban J connectivity index is 1.82. The molecule has 2 rings (SSSR count). The molecule has 0 spiro atoms. The summed E-state index contributed by atoms with van der Waals surface area (Å²) in [5, 5.41) is 8.15. The van der Waals surface area contributed by atoms with Crippen molar-refractivity contribution in [1.82, 2.24) is 10.2 Å². The SMILES string of the molecule is CCCC(C)(CNC1CC1)CN(C)Cc1ccsc1. The normalized spacial score (nSPS) is 18.7. The molecule has 1 aliphatic carbocycles. The fourth-order valence-corrected chi connectivity index (χ4v) is 3.57. The lowest BCUT2D eigenvalue weighted by Gasteiger charge is -2.34. The van der Waals surface area contributed by atoms with Gasteiger partial charge in [-0.2, -0.15) is 11.3 Å². The van der Waals surface area contributed by atoms with E-state index in [1.807, 2.05) is 0 Å². The minimum atomic E-state index is 0.405. The van der Waals surface area contributed by atoms with Crippen LogP contribution in [0.4, 0.5) is 0 Å². The zero-order chi connectivity index (χ0) is 13.7. The molecule has 1 atom stereocenters. The number of nitrogens with one attached hydrogen (secondary N) is 1. The first kappa shape index (κ1) is 15.0. The lowest BCUT2D eigenvalue weighted by molar-refractivity contribution is 0.168. The Labute approximate surface area is 122 Å². The molecule has 108 valence electrons. The molecule has 3 heteroatoms. The molecule has 0 saturated heterocycles. The average molecular weight is 280 g/mol. The Morgan fingerprint density at radius 1 is 1.47 bits per heavy atom.